The van der Waals surface area contributed by atoms with Crippen LogP contribution in [0.5, 0.6) is 0 Å². The smallest absolute Gasteiger partial charge is 0.249 e. The lowest BCUT2D eigenvalue weighted by Gasteiger charge is -2.10. The standard InChI is InChI=1S/C14H17NO3/c1-11(18-2)14(17)15-10-13-6-3-5-12(9-13)7-4-8-16/h3,5-6,9,11,16H,8,10H2,1-2H3,(H,15,17). The van der Waals surface area contributed by atoms with Crippen LogP contribution in [0.25, 0.3) is 0 Å². The number of hydrogen-bond acceptors (Lipinski definition) is 3. The maximum Gasteiger partial charge on any atom is 0.249 e. The number of methoxy groups -OCH3 is 1. The molecule has 2 N–H and O–H groups in total. The van der Waals surface area contributed by atoms with Crippen molar-refractivity contribution >= 4 is 5.91 Å². The van der Waals surface area contributed by atoms with Gasteiger partial charge in [0.05, 0.1) is 0 Å². The Morgan fingerprint density at radius 2 is 2.33 bits per heavy atom. The molecular formula is C14H17NO3. The highest BCUT2D eigenvalue weighted by atomic mass is 16.5. The van der Waals surface area contributed by atoms with Crippen molar-refractivity contribution in [3.8, 4) is 11.8 Å². The van der Waals surface area contributed by atoms with Crippen LogP contribution >= 0.6 is 0 Å². The molecule has 0 saturated carbocycles. The van der Waals surface area contributed by atoms with Gasteiger partial charge in [-0.2, -0.15) is 0 Å². The minimum absolute atomic E-state index is 0.149. The number of aliphatic hydroxyl groups is 1. The average molecular weight is 247 g/mol. The zero-order valence-corrected chi connectivity index (χ0v) is 10.6. The molecule has 0 saturated heterocycles. The summed E-state index contributed by atoms with van der Waals surface area (Å²) in [5, 5.41) is 11.4. The first-order valence-electron chi connectivity index (χ1n) is 5.66. The van der Waals surface area contributed by atoms with Gasteiger partial charge in [0.1, 0.15) is 12.7 Å². The third-order valence-electron chi connectivity index (χ3n) is 2.43. The molecule has 0 fully saturated rings. The third kappa shape index (κ3) is 4.58. The number of aliphatic hydroxyl groups excluding tert-OH is 1. The summed E-state index contributed by atoms with van der Waals surface area (Å²) in [5.41, 5.74) is 1.77. The summed E-state index contributed by atoms with van der Waals surface area (Å²) >= 11 is 0. The van der Waals surface area contributed by atoms with E-state index in [0.717, 1.165) is 11.1 Å². The van der Waals surface area contributed by atoms with Crippen molar-refractivity contribution in [3.05, 3.63) is 35.4 Å². The second-order valence-corrected chi connectivity index (χ2v) is 3.76. The van der Waals surface area contributed by atoms with Gasteiger partial charge in [-0.05, 0) is 24.6 Å². The van der Waals surface area contributed by atoms with Crippen molar-refractivity contribution in [2.24, 2.45) is 0 Å². The lowest BCUT2D eigenvalue weighted by molar-refractivity contribution is -0.130. The molecule has 0 heterocycles. The van der Waals surface area contributed by atoms with E-state index in [1.54, 1.807) is 6.92 Å². The molecule has 1 atom stereocenters. The van der Waals surface area contributed by atoms with Gasteiger partial charge in [0.2, 0.25) is 5.91 Å². The number of benzene rings is 1. The monoisotopic (exact) mass is 247 g/mol. The lowest BCUT2D eigenvalue weighted by atomic mass is 10.1. The molecule has 4 heteroatoms. The minimum Gasteiger partial charge on any atom is -0.384 e. The number of hydrogen-bond donors (Lipinski definition) is 2. The summed E-state index contributed by atoms with van der Waals surface area (Å²) < 4.78 is 4.92. The first kappa shape index (κ1) is 14.2. The highest BCUT2D eigenvalue weighted by Crippen LogP contribution is 2.04. The second-order valence-electron chi connectivity index (χ2n) is 3.76. The maximum atomic E-state index is 11.5. The Bertz CT molecular complexity index is 460. The molecule has 0 radical (unpaired) electrons. The van der Waals surface area contributed by atoms with Gasteiger partial charge in [-0.1, -0.05) is 24.0 Å². The summed E-state index contributed by atoms with van der Waals surface area (Å²) in [4.78, 5) is 11.5. The number of amides is 1. The summed E-state index contributed by atoms with van der Waals surface area (Å²) in [6.07, 6.45) is -0.456. The Morgan fingerprint density at radius 1 is 1.56 bits per heavy atom. The van der Waals surface area contributed by atoms with Crippen LogP contribution in [0.15, 0.2) is 24.3 Å². The van der Waals surface area contributed by atoms with Gasteiger partial charge in [-0.25, -0.2) is 0 Å². The SMILES string of the molecule is COC(C)C(=O)NCc1cccc(C#CCO)c1. The Labute approximate surface area is 107 Å². The quantitative estimate of drug-likeness (QED) is 0.769. The first-order chi connectivity index (χ1) is 8.67. The molecule has 1 unspecified atom stereocenters. The molecule has 0 aliphatic rings. The van der Waals surface area contributed by atoms with Crippen LogP contribution in [0, 0.1) is 11.8 Å². The molecule has 0 spiro atoms. The van der Waals surface area contributed by atoms with Crippen molar-refractivity contribution in [1.82, 2.24) is 5.32 Å². The van der Waals surface area contributed by atoms with Gasteiger partial charge >= 0.3 is 0 Å². The Kier molecular flexibility index (Phi) is 5.92. The van der Waals surface area contributed by atoms with Crippen molar-refractivity contribution in [2.45, 2.75) is 19.6 Å². The largest absolute Gasteiger partial charge is 0.384 e. The second kappa shape index (κ2) is 7.49. The molecule has 1 rings (SSSR count). The van der Waals surface area contributed by atoms with Gasteiger partial charge in [-0.15, -0.1) is 0 Å². The van der Waals surface area contributed by atoms with Crippen LogP contribution in [0.4, 0.5) is 0 Å². The molecule has 0 aromatic heterocycles. The highest BCUT2D eigenvalue weighted by Gasteiger charge is 2.10. The molecule has 96 valence electrons. The number of rotatable bonds is 4. The van der Waals surface area contributed by atoms with Crippen LogP contribution in [0.3, 0.4) is 0 Å². The van der Waals surface area contributed by atoms with Crippen molar-refractivity contribution in [3.63, 3.8) is 0 Å². The first-order valence-corrected chi connectivity index (χ1v) is 5.66. The van der Waals surface area contributed by atoms with Gasteiger partial charge in [0.25, 0.3) is 0 Å². The van der Waals surface area contributed by atoms with Crippen LogP contribution in [-0.2, 0) is 16.1 Å². The molecule has 1 amide bonds. The topological polar surface area (TPSA) is 58.6 Å². The van der Waals surface area contributed by atoms with Crippen molar-refractivity contribution < 1.29 is 14.6 Å². The predicted molar refractivity (Wildman–Crippen MR) is 68.7 cm³/mol. The molecule has 0 bridgehead atoms. The number of carbonyl (C=O) groups is 1. The summed E-state index contributed by atoms with van der Waals surface area (Å²) in [5.74, 6) is 5.25. The van der Waals surface area contributed by atoms with E-state index in [-0.39, 0.29) is 12.5 Å². The molecule has 1 aromatic carbocycles. The fourth-order valence-corrected chi connectivity index (χ4v) is 1.34. The van der Waals surface area contributed by atoms with E-state index in [0.29, 0.717) is 6.54 Å². The lowest BCUT2D eigenvalue weighted by Crippen LogP contribution is -2.33. The highest BCUT2D eigenvalue weighted by molar-refractivity contribution is 5.80. The Balaban J connectivity index is 2.60. The van der Waals surface area contributed by atoms with E-state index in [1.807, 2.05) is 24.3 Å². The Hall–Kier alpha value is -1.83. The van der Waals surface area contributed by atoms with Crippen molar-refractivity contribution in [2.75, 3.05) is 13.7 Å². The van der Waals surface area contributed by atoms with E-state index in [1.165, 1.54) is 7.11 Å². The molecule has 18 heavy (non-hydrogen) atoms. The van der Waals surface area contributed by atoms with E-state index in [4.69, 9.17) is 9.84 Å². The summed E-state index contributed by atoms with van der Waals surface area (Å²) in [7, 11) is 1.50. The minimum atomic E-state index is -0.456. The van der Waals surface area contributed by atoms with Crippen LogP contribution in [-0.4, -0.2) is 30.8 Å². The fourth-order valence-electron chi connectivity index (χ4n) is 1.34. The fraction of sp³-hybridized carbons (Fsp3) is 0.357. The summed E-state index contributed by atoms with van der Waals surface area (Å²) in [6.45, 7) is 1.96. The van der Waals surface area contributed by atoms with Crippen molar-refractivity contribution in [1.29, 1.82) is 0 Å². The van der Waals surface area contributed by atoms with Crippen LogP contribution in [0.2, 0.25) is 0 Å². The van der Waals surface area contributed by atoms with Gasteiger partial charge in [0.15, 0.2) is 0 Å². The molecule has 0 aliphatic carbocycles. The summed E-state index contributed by atoms with van der Waals surface area (Å²) in [6, 6.07) is 7.50. The van der Waals surface area contributed by atoms with Gasteiger partial charge in [-0.3, -0.25) is 4.79 Å². The zero-order chi connectivity index (χ0) is 13.4. The van der Waals surface area contributed by atoms with Gasteiger partial charge < -0.3 is 15.2 Å². The van der Waals surface area contributed by atoms with E-state index in [9.17, 15) is 4.79 Å². The van der Waals surface area contributed by atoms with Crippen LogP contribution in [0.1, 0.15) is 18.1 Å². The molecular weight excluding hydrogens is 230 g/mol. The van der Waals surface area contributed by atoms with E-state index >= 15 is 0 Å². The number of carbonyl (C=O) groups excluding carboxylic acids is 1. The Morgan fingerprint density at radius 3 is 3.00 bits per heavy atom. The van der Waals surface area contributed by atoms with Crippen LogP contribution < -0.4 is 5.32 Å². The predicted octanol–water partition coefficient (Wildman–Crippen LogP) is 0.681. The average Bonchev–Trinajstić information content (AvgIpc) is 2.42. The van der Waals surface area contributed by atoms with Gasteiger partial charge in [0, 0.05) is 19.2 Å². The number of ether oxygens (including phenoxy) is 1. The zero-order valence-electron chi connectivity index (χ0n) is 10.6. The van der Waals surface area contributed by atoms with E-state index < -0.39 is 6.10 Å². The molecule has 0 aliphatic heterocycles. The molecule has 4 nitrogen and oxygen atoms in total. The normalized spacial score (nSPS) is 11.3. The maximum absolute atomic E-state index is 11.5. The third-order valence-corrected chi connectivity index (χ3v) is 2.43. The molecule has 1 aromatic rings. The number of nitrogens with one attached hydrogen (secondary N) is 1. The van der Waals surface area contributed by atoms with E-state index in [2.05, 4.69) is 17.2 Å².